The smallest absolute Gasteiger partial charge is 0.410 e. The van der Waals surface area contributed by atoms with Crippen LogP contribution in [0.2, 0.25) is 0 Å². The van der Waals surface area contributed by atoms with Crippen molar-refractivity contribution in [2.24, 2.45) is 0 Å². The molecule has 26 heavy (non-hydrogen) atoms. The maximum Gasteiger partial charge on any atom is 0.410 e. The Balaban J connectivity index is 2.24. The minimum absolute atomic E-state index is 0.0147. The highest BCUT2D eigenvalue weighted by atomic mass is 32.2. The fraction of sp³-hybridized carbons (Fsp3) is 0.533. The lowest BCUT2D eigenvalue weighted by Crippen LogP contribution is -2.39. The molecule has 0 aliphatic carbocycles. The van der Waals surface area contributed by atoms with E-state index in [0.29, 0.717) is 0 Å². The maximum atomic E-state index is 12.7. The summed E-state index contributed by atoms with van der Waals surface area (Å²) in [4.78, 5) is 13.3. The molecule has 1 amide bonds. The number of rotatable bonds is 6. The summed E-state index contributed by atoms with van der Waals surface area (Å²) in [6, 6.07) is 5.71. The SMILES string of the molecule is COC(=O)N1C[C@@H](NS(=O)(=O)c2ccc(C)cc2)C[C@@H]1P(=O)(OC)OC. The van der Waals surface area contributed by atoms with E-state index >= 15 is 0 Å². The summed E-state index contributed by atoms with van der Waals surface area (Å²) in [7, 11) is -3.83. The van der Waals surface area contributed by atoms with E-state index < -0.39 is 35.5 Å². The molecule has 1 aromatic carbocycles. The van der Waals surface area contributed by atoms with Gasteiger partial charge in [-0.2, -0.15) is 0 Å². The summed E-state index contributed by atoms with van der Waals surface area (Å²) in [6.07, 6.45) is -0.666. The predicted octanol–water partition coefficient (Wildman–Crippen LogP) is 1.93. The van der Waals surface area contributed by atoms with Crippen LogP contribution in [0.25, 0.3) is 0 Å². The van der Waals surface area contributed by atoms with Crippen molar-refractivity contribution in [3.8, 4) is 0 Å². The van der Waals surface area contributed by atoms with Gasteiger partial charge in [-0.05, 0) is 25.5 Å². The van der Waals surface area contributed by atoms with Gasteiger partial charge >= 0.3 is 13.7 Å². The molecular formula is C15H23N2O7PS. The molecule has 2 rings (SSSR count). The standard InChI is InChI=1S/C15H23N2O7PS/c1-11-5-7-13(8-6-11)26(20,21)16-12-9-14(25(19,23-3)24-4)17(10-12)15(18)22-2/h5-8,12,14,16H,9-10H2,1-4H3/t12-,14-/m0/s1. The Morgan fingerprint density at radius 1 is 1.19 bits per heavy atom. The van der Waals surface area contributed by atoms with Crippen molar-refractivity contribution in [2.75, 3.05) is 27.9 Å². The molecule has 11 heteroatoms. The van der Waals surface area contributed by atoms with E-state index in [2.05, 4.69) is 4.72 Å². The van der Waals surface area contributed by atoms with E-state index in [9.17, 15) is 17.8 Å². The topological polar surface area (TPSA) is 111 Å². The van der Waals surface area contributed by atoms with Crippen LogP contribution in [0.4, 0.5) is 4.79 Å². The predicted molar refractivity (Wildman–Crippen MR) is 94.4 cm³/mol. The van der Waals surface area contributed by atoms with Gasteiger partial charge in [0.1, 0.15) is 5.78 Å². The molecule has 0 unspecified atom stereocenters. The molecule has 0 radical (unpaired) electrons. The molecule has 0 aromatic heterocycles. The number of nitrogens with zero attached hydrogens (tertiary/aromatic N) is 1. The van der Waals surface area contributed by atoms with Crippen LogP contribution >= 0.6 is 7.60 Å². The van der Waals surface area contributed by atoms with Gasteiger partial charge in [-0.15, -0.1) is 0 Å². The minimum atomic E-state index is -3.80. The van der Waals surface area contributed by atoms with Crippen molar-refractivity contribution >= 4 is 23.7 Å². The Morgan fingerprint density at radius 2 is 1.77 bits per heavy atom. The molecule has 0 spiro atoms. The first-order chi connectivity index (χ1) is 12.2. The Bertz CT molecular complexity index is 789. The highest BCUT2D eigenvalue weighted by Crippen LogP contribution is 2.56. The molecule has 1 aliphatic heterocycles. The Morgan fingerprint density at radius 3 is 2.27 bits per heavy atom. The van der Waals surface area contributed by atoms with Crippen LogP contribution < -0.4 is 4.72 Å². The van der Waals surface area contributed by atoms with Gasteiger partial charge in [0.05, 0.1) is 12.0 Å². The van der Waals surface area contributed by atoms with Crippen molar-refractivity contribution in [1.29, 1.82) is 0 Å². The summed E-state index contributed by atoms with van der Waals surface area (Å²) in [6.45, 7) is 1.84. The zero-order chi connectivity index (χ0) is 19.5. The second kappa shape index (κ2) is 8.06. The highest BCUT2D eigenvalue weighted by Gasteiger charge is 2.48. The van der Waals surface area contributed by atoms with Crippen molar-refractivity contribution in [3.63, 3.8) is 0 Å². The van der Waals surface area contributed by atoms with Gasteiger partial charge in [-0.3, -0.25) is 9.46 Å². The third kappa shape index (κ3) is 4.27. The zero-order valence-electron chi connectivity index (χ0n) is 15.0. The zero-order valence-corrected chi connectivity index (χ0v) is 16.7. The average Bonchev–Trinajstić information content (AvgIpc) is 3.04. The maximum absolute atomic E-state index is 12.7. The largest absolute Gasteiger partial charge is 0.453 e. The van der Waals surface area contributed by atoms with E-state index in [4.69, 9.17) is 13.8 Å². The first-order valence-corrected chi connectivity index (χ1v) is 10.9. The lowest BCUT2D eigenvalue weighted by molar-refractivity contribution is 0.121. The van der Waals surface area contributed by atoms with Crippen LogP contribution in [-0.2, 0) is 28.4 Å². The van der Waals surface area contributed by atoms with Gasteiger partial charge in [0, 0.05) is 26.8 Å². The first kappa shape index (κ1) is 20.9. The van der Waals surface area contributed by atoms with E-state index in [-0.39, 0.29) is 17.9 Å². The number of sulfonamides is 1. The van der Waals surface area contributed by atoms with E-state index in [1.165, 1.54) is 33.5 Å². The van der Waals surface area contributed by atoms with Crippen molar-refractivity contribution in [3.05, 3.63) is 29.8 Å². The van der Waals surface area contributed by atoms with E-state index in [0.717, 1.165) is 10.5 Å². The van der Waals surface area contributed by atoms with Crippen LogP contribution in [0.3, 0.4) is 0 Å². The van der Waals surface area contributed by atoms with Crippen LogP contribution in [0.15, 0.2) is 29.2 Å². The molecule has 1 aliphatic rings. The van der Waals surface area contributed by atoms with Crippen LogP contribution in [0.5, 0.6) is 0 Å². The fourth-order valence-electron chi connectivity index (χ4n) is 2.84. The summed E-state index contributed by atoms with van der Waals surface area (Å²) < 4.78 is 55.1. The van der Waals surface area contributed by atoms with Gasteiger partial charge in [0.25, 0.3) is 0 Å². The van der Waals surface area contributed by atoms with E-state index in [1.807, 2.05) is 6.92 Å². The van der Waals surface area contributed by atoms with E-state index in [1.54, 1.807) is 12.1 Å². The lowest BCUT2D eigenvalue weighted by atomic mass is 10.2. The number of benzene rings is 1. The minimum Gasteiger partial charge on any atom is -0.453 e. The molecule has 2 atom stereocenters. The number of methoxy groups -OCH3 is 1. The molecule has 1 saturated heterocycles. The number of carbonyl (C=O) groups excluding carboxylic acids is 1. The van der Waals surface area contributed by atoms with Crippen molar-refractivity contribution in [2.45, 2.75) is 30.1 Å². The van der Waals surface area contributed by atoms with Gasteiger partial charge in [-0.25, -0.2) is 17.9 Å². The average molecular weight is 406 g/mol. The Labute approximate surface area is 153 Å². The molecule has 1 heterocycles. The second-order valence-corrected chi connectivity index (χ2v) is 9.99. The number of amides is 1. The summed E-state index contributed by atoms with van der Waals surface area (Å²) in [5, 5.41) is 0. The van der Waals surface area contributed by atoms with Crippen LogP contribution in [-0.4, -0.2) is 59.1 Å². The normalized spacial score (nSPS) is 21.0. The number of likely N-dealkylation sites (tertiary alicyclic amines) is 1. The van der Waals surface area contributed by atoms with Crippen LogP contribution in [0.1, 0.15) is 12.0 Å². The Kier molecular flexibility index (Phi) is 6.46. The highest BCUT2D eigenvalue weighted by molar-refractivity contribution is 7.89. The third-order valence-electron chi connectivity index (χ3n) is 4.21. The Hall–Kier alpha value is -1.45. The molecule has 0 bridgehead atoms. The molecule has 146 valence electrons. The molecule has 0 saturated carbocycles. The number of nitrogens with one attached hydrogen (secondary N) is 1. The summed E-state index contributed by atoms with van der Waals surface area (Å²) >= 11 is 0. The van der Waals surface area contributed by atoms with Gasteiger partial charge < -0.3 is 13.8 Å². The molecule has 1 fully saturated rings. The molecule has 9 nitrogen and oxygen atoms in total. The first-order valence-electron chi connectivity index (χ1n) is 7.81. The number of aryl methyl sites for hydroxylation is 1. The molecule has 1 aromatic rings. The quantitative estimate of drug-likeness (QED) is 0.719. The second-order valence-electron chi connectivity index (χ2n) is 5.87. The number of hydrogen-bond donors (Lipinski definition) is 1. The summed E-state index contributed by atoms with van der Waals surface area (Å²) in [5.74, 6) is -0.948. The van der Waals surface area contributed by atoms with Gasteiger partial charge in [0.15, 0.2) is 0 Å². The van der Waals surface area contributed by atoms with Crippen LogP contribution in [0, 0.1) is 6.92 Å². The summed E-state index contributed by atoms with van der Waals surface area (Å²) in [5.41, 5.74) is 0.933. The van der Waals surface area contributed by atoms with Crippen molar-refractivity contribution in [1.82, 2.24) is 9.62 Å². The van der Waals surface area contributed by atoms with Crippen molar-refractivity contribution < 1.29 is 31.6 Å². The fourth-order valence-corrected chi connectivity index (χ4v) is 5.76. The van der Waals surface area contributed by atoms with Gasteiger partial charge in [0.2, 0.25) is 10.0 Å². The number of carbonyl (C=O) groups is 1. The third-order valence-corrected chi connectivity index (χ3v) is 7.98. The number of ether oxygens (including phenoxy) is 1. The number of hydrogen-bond acceptors (Lipinski definition) is 7. The molecule has 1 N–H and O–H groups in total. The lowest BCUT2D eigenvalue weighted by Gasteiger charge is -2.27. The molecular weight excluding hydrogens is 383 g/mol. The monoisotopic (exact) mass is 406 g/mol. The van der Waals surface area contributed by atoms with Gasteiger partial charge in [-0.1, -0.05) is 17.7 Å².